The van der Waals surface area contributed by atoms with E-state index in [0.29, 0.717) is 6.42 Å². The van der Waals surface area contributed by atoms with Gasteiger partial charge in [-0.05, 0) is 54.4 Å². The molecule has 2 aliphatic rings. The van der Waals surface area contributed by atoms with Crippen molar-refractivity contribution in [1.82, 2.24) is 45.9 Å². The van der Waals surface area contributed by atoms with Crippen LogP contribution in [0.4, 0.5) is 9.59 Å². The van der Waals surface area contributed by atoms with Crippen LogP contribution in [0.15, 0.2) is 29.3 Å². The minimum atomic E-state index is -0.872. The quantitative estimate of drug-likeness (QED) is 0.340. The number of hydrogen-bond donors (Lipinski definition) is 3. The van der Waals surface area contributed by atoms with Gasteiger partial charge in [-0.15, -0.1) is 24.9 Å². The van der Waals surface area contributed by atoms with Crippen molar-refractivity contribution in [3.8, 4) is 30.1 Å². The summed E-state index contributed by atoms with van der Waals surface area (Å²) in [6, 6.07) is -1.83. The van der Waals surface area contributed by atoms with Gasteiger partial charge in [0.25, 0.3) is 0 Å². The maximum Gasteiger partial charge on any atom is 0.415 e. The molecule has 0 saturated carbocycles. The van der Waals surface area contributed by atoms with Gasteiger partial charge < -0.3 is 45.0 Å². The molecule has 3 amide bonds. The Kier molecular flexibility index (Phi) is 16.4. The molecule has 2 aliphatic heterocycles. The molecule has 2 aromatic rings. The Morgan fingerprint density at radius 2 is 1.12 bits per heavy atom. The predicted molar refractivity (Wildman–Crippen MR) is 180 cm³/mol. The van der Waals surface area contributed by atoms with Crippen molar-refractivity contribution in [2.45, 2.75) is 77.7 Å². The molecule has 0 aromatic carbocycles. The number of hydrogen-bond acceptors (Lipinski definition) is 18. The molecule has 288 valence electrons. The van der Waals surface area contributed by atoms with Crippen LogP contribution in [-0.2, 0) is 19.1 Å². The van der Waals surface area contributed by atoms with Crippen LogP contribution in [0.1, 0.15) is 54.4 Å². The lowest BCUT2D eigenvalue weighted by Gasteiger charge is -2.26. The number of esters is 1. The van der Waals surface area contributed by atoms with Crippen molar-refractivity contribution < 1.29 is 52.3 Å². The van der Waals surface area contributed by atoms with Crippen LogP contribution < -0.4 is 41.3 Å². The zero-order valence-electron chi connectivity index (χ0n) is 30.7. The summed E-state index contributed by atoms with van der Waals surface area (Å²) < 4.78 is 34.6. The number of primary amides is 1. The SMILES string of the molecule is CC(C)(C)OC(=O)N1C=CC[C@H]1C(N)=O.COc1nc(OC)[nH]c(=O)n1.COc1nc(OC)nc(OC(=O)[C@@H]2CC=CN2C(=O)OC(C)(C)C)n1.N. The molecule has 22 nitrogen and oxygen atoms in total. The Balaban J connectivity index is 0.000000426. The Hall–Kier alpha value is -6.06. The standard InChI is InChI=1S/C15H20N4O6.C10H16N2O3.C5H7N3O3.H3N/c1-15(2,3)25-14(21)19-8-6-7-9(19)10(20)24-13-17-11(22-4)16-12(18-13)23-5;1-10(2,3)15-9(14)12-6-4-5-7(12)8(11)13;1-10-4-6-3(9)7-5(8-4)11-2;/h6,8-9H,7H2,1-5H3;4,6-7H,5H2,1-3H3,(H2,11,13);1-2H3,(H,6,7,8,9);1H3/t9-;7-;;/m00../s1. The van der Waals surface area contributed by atoms with Gasteiger partial charge in [-0.25, -0.2) is 19.2 Å². The summed E-state index contributed by atoms with van der Waals surface area (Å²) in [4.78, 5) is 81.0. The summed E-state index contributed by atoms with van der Waals surface area (Å²) in [6.07, 6.45) is 5.96. The molecule has 0 radical (unpaired) electrons. The molecule has 0 bridgehead atoms. The fourth-order valence-corrected chi connectivity index (χ4v) is 3.75. The van der Waals surface area contributed by atoms with Gasteiger partial charge in [-0.2, -0.15) is 0 Å². The van der Waals surface area contributed by atoms with E-state index in [4.69, 9.17) is 29.4 Å². The van der Waals surface area contributed by atoms with Crippen molar-refractivity contribution in [3.63, 3.8) is 0 Å². The van der Waals surface area contributed by atoms with Crippen LogP contribution in [0.25, 0.3) is 0 Å². The molecule has 2 atom stereocenters. The largest absolute Gasteiger partial charge is 0.468 e. The molecule has 0 spiro atoms. The highest BCUT2D eigenvalue weighted by Gasteiger charge is 2.36. The molecule has 4 rings (SSSR count). The first-order valence-electron chi connectivity index (χ1n) is 15.1. The Bertz CT molecular complexity index is 1600. The molecule has 4 heterocycles. The molecular formula is C30H46N10O12. The number of carbonyl (C=O) groups is 4. The Labute approximate surface area is 299 Å². The van der Waals surface area contributed by atoms with Gasteiger partial charge in [0.15, 0.2) is 0 Å². The zero-order valence-corrected chi connectivity index (χ0v) is 30.7. The molecule has 0 saturated heterocycles. The molecule has 2 aromatic heterocycles. The molecule has 6 N–H and O–H groups in total. The van der Waals surface area contributed by atoms with Gasteiger partial charge in [-0.3, -0.25) is 19.6 Å². The molecule has 0 unspecified atom stereocenters. The molecule has 22 heteroatoms. The second-order valence-corrected chi connectivity index (χ2v) is 12.1. The van der Waals surface area contributed by atoms with E-state index in [1.54, 1.807) is 53.7 Å². The number of ether oxygens (including phenoxy) is 7. The number of nitrogens with one attached hydrogen (secondary N) is 1. The number of nitrogens with two attached hydrogens (primary N) is 1. The Morgan fingerprint density at radius 3 is 1.54 bits per heavy atom. The Morgan fingerprint density at radius 1 is 0.692 bits per heavy atom. The number of nitrogens with zero attached hydrogens (tertiary/aromatic N) is 7. The van der Waals surface area contributed by atoms with E-state index in [1.165, 1.54) is 50.6 Å². The lowest BCUT2D eigenvalue weighted by atomic mass is 10.2. The monoisotopic (exact) mass is 738 g/mol. The second kappa shape index (κ2) is 19.4. The zero-order chi connectivity index (χ0) is 38.5. The van der Waals surface area contributed by atoms with Gasteiger partial charge in [0, 0.05) is 12.4 Å². The number of aromatic amines is 1. The highest BCUT2D eigenvalue weighted by atomic mass is 16.6. The summed E-state index contributed by atoms with van der Waals surface area (Å²) in [5.41, 5.74) is 3.36. The third-order valence-corrected chi connectivity index (χ3v) is 5.85. The third kappa shape index (κ3) is 14.0. The fraction of sp³-hybridized carbons (Fsp3) is 0.533. The maximum absolute atomic E-state index is 12.4. The van der Waals surface area contributed by atoms with Crippen LogP contribution in [-0.4, -0.2) is 115 Å². The summed E-state index contributed by atoms with van der Waals surface area (Å²) in [5.74, 6) is -1.24. The van der Waals surface area contributed by atoms with Crippen LogP contribution in [0.5, 0.6) is 30.1 Å². The summed E-state index contributed by atoms with van der Waals surface area (Å²) in [6.45, 7) is 10.5. The van der Waals surface area contributed by atoms with Crippen molar-refractivity contribution in [1.29, 1.82) is 0 Å². The van der Waals surface area contributed by atoms with Gasteiger partial charge in [-0.1, -0.05) is 12.2 Å². The van der Waals surface area contributed by atoms with Gasteiger partial charge in [0.2, 0.25) is 5.91 Å². The number of aromatic nitrogens is 6. The van der Waals surface area contributed by atoms with E-state index in [1.807, 2.05) is 0 Å². The normalized spacial score (nSPS) is 15.8. The average molecular weight is 739 g/mol. The van der Waals surface area contributed by atoms with E-state index >= 15 is 0 Å². The van der Waals surface area contributed by atoms with Crippen LogP contribution in [0, 0.1) is 0 Å². The van der Waals surface area contributed by atoms with Crippen LogP contribution in [0.2, 0.25) is 0 Å². The maximum atomic E-state index is 12.4. The van der Waals surface area contributed by atoms with Crippen molar-refractivity contribution in [3.05, 3.63) is 35.0 Å². The molecule has 52 heavy (non-hydrogen) atoms. The lowest BCUT2D eigenvalue weighted by molar-refractivity contribution is -0.139. The number of H-pyrrole nitrogens is 1. The smallest absolute Gasteiger partial charge is 0.415 e. The molecule has 0 fully saturated rings. The highest BCUT2D eigenvalue weighted by molar-refractivity contribution is 5.86. The average Bonchev–Trinajstić information content (AvgIpc) is 3.74. The van der Waals surface area contributed by atoms with E-state index in [2.05, 4.69) is 39.4 Å². The van der Waals surface area contributed by atoms with Gasteiger partial charge >= 0.3 is 53.9 Å². The molecule has 0 aliphatic carbocycles. The van der Waals surface area contributed by atoms with Crippen molar-refractivity contribution >= 4 is 24.1 Å². The summed E-state index contributed by atoms with van der Waals surface area (Å²) >= 11 is 0. The van der Waals surface area contributed by atoms with E-state index < -0.39 is 53.0 Å². The van der Waals surface area contributed by atoms with Crippen molar-refractivity contribution in [2.24, 2.45) is 5.73 Å². The number of methoxy groups -OCH3 is 4. The minimum Gasteiger partial charge on any atom is -0.468 e. The van der Waals surface area contributed by atoms with E-state index in [-0.39, 0.29) is 42.6 Å². The highest BCUT2D eigenvalue weighted by Crippen LogP contribution is 2.22. The topological polar surface area (TPSA) is 298 Å². The molecular weight excluding hydrogens is 692 g/mol. The third-order valence-electron chi connectivity index (χ3n) is 5.85. The van der Waals surface area contributed by atoms with Crippen LogP contribution >= 0.6 is 0 Å². The first-order valence-corrected chi connectivity index (χ1v) is 15.1. The number of carbonyl (C=O) groups excluding carboxylic acids is 4. The predicted octanol–water partition coefficient (Wildman–Crippen LogP) is 1.66. The van der Waals surface area contributed by atoms with Crippen LogP contribution in [0.3, 0.4) is 0 Å². The van der Waals surface area contributed by atoms with Gasteiger partial charge in [0.05, 0.1) is 28.4 Å². The summed E-state index contributed by atoms with van der Waals surface area (Å²) in [7, 11) is 5.46. The van der Waals surface area contributed by atoms with Gasteiger partial charge in [0.1, 0.15) is 23.3 Å². The van der Waals surface area contributed by atoms with E-state index in [0.717, 1.165) is 0 Å². The number of rotatable bonds is 7. The lowest BCUT2D eigenvalue weighted by Crippen LogP contribution is -2.44. The van der Waals surface area contributed by atoms with Crippen molar-refractivity contribution in [2.75, 3.05) is 28.4 Å². The van der Waals surface area contributed by atoms with E-state index in [9.17, 15) is 24.0 Å². The second-order valence-electron chi connectivity index (χ2n) is 12.1. The summed E-state index contributed by atoms with van der Waals surface area (Å²) in [5, 5.41) is 0. The first kappa shape index (κ1) is 44.0. The minimum absolute atomic E-state index is 0. The number of amides is 3. The first-order chi connectivity index (χ1) is 23.8. The fourth-order valence-electron chi connectivity index (χ4n) is 3.75.